The maximum absolute atomic E-state index is 13.1. The Morgan fingerprint density at radius 1 is 1.06 bits per heavy atom. The fourth-order valence-corrected chi connectivity index (χ4v) is 3.22. The summed E-state index contributed by atoms with van der Waals surface area (Å²) in [4.78, 5) is 16.4. The van der Waals surface area contributed by atoms with Gasteiger partial charge in [0.25, 0.3) is 0 Å². The number of benzene rings is 2. The number of rotatable bonds is 6. The lowest BCUT2D eigenvalue weighted by Gasteiger charge is -2.15. The van der Waals surface area contributed by atoms with E-state index in [1.807, 2.05) is 25.1 Å². The van der Waals surface area contributed by atoms with Crippen molar-refractivity contribution in [3.8, 4) is 28.4 Å². The standard InChI is InChI=1S/C22H20FN5O3/c1-14-11-15(18-9-8-16(23)12-24-18)7-10-20(14)31-13-17-19(5-4-6-21(17)30-3)28-22(29)27(2)25-26-28/h4-12H,13H2,1-3H3. The van der Waals surface area contributed by atoms with Crippen LogP contribution < -0.4 is 15.2 Å². The van der Waals surface area contributed by atoms with Crippen molar-refractivity contribution >= 4 is 0 Å². The Balaban J connectivity index is 1.63. The first-order valence-corrected chi connectivity index (χ1v) is 9.48. The second-order valence-electron chi connectivity index (χ2n) is 6.89. The first-order chi connectivity index (χ1) is 15.0. The SMILES string of the molecule is COc1cccc(-n2nnn(C)c2=O)c1COc1ccc(-c2ccc(F)cn2)cc1C. The molecule has 0 atom stereocenters. The number of methoxy groups -OCH3 is 1. The topological polar surface area (TPSA) is 84.1 Å². The van der Waals surface area contributed by atoms with E-state index in [0.717, 1.165) is 15.8 Å². The molecule has 0 amide bonds. The highest BCUT2D eigenvalue weighted by Crippen LogP contribution is 2.29. The summed E-state index contributed by atoms with van der Waals surface area (Å²) in [5.74, 6) is 0.851. The molecule has 2 heterocycles. The maximum Gasteiger partial charge on any atom is 0.368 e. The summed E-state index contributed by atoms with van der Waals surface area (Å²) in [6.07, 6.45) is 1.19. The van der Waals surface area contributed by atoms with Gasteiger partial charge in [-0.1, -0.05) is 6.07 Å². The van der Waals surface area contributed by atoms with E-state index in [-0.39, 0.29) is 18.1 Å². The number of halogens is 1. The van der Waals surface area contributed by atoms with E-state index in [2.05, 4.69) is 15.4 Å². The summed E-state index contributed by atoms with van der Waals surface area (Å²) < 4.78 is 27.0. The van der Waals surface area contributed by atoms with Crippen molar-refractivity contribution in [3.63, 3.8) is 0 Å². The molecule has 0 spiro atoms. The molecule has 0 unspecified atom stereocenters. The van der Waals surface area contributed by atoms with E-state index in [1.54, 1.807) is 31.4 Å². The van der Waals surface area contributed by atoms with E-state index in [0.29, 0.717) is 28.4 Å². The second-order valence-corrected chi connectivity index (χ2v) is 6.89. The minimum Gasteiger partial charge on any atom is -0.496 e. The summed E-state index contributed by atoms with van der Waals surface area (Å²) >= 11 is 0. The number of pyridine rings is 1. The third-order valence-electron chi connectivity index (χ3n) is 4.85. The zero-order chi connectivity index (χ0) is 22.0. The molecule has 2 aromatic carbocycles. The van der Waals surface area contributed by atoms with Crippen LogP contribution in [0.2, 0.25) is 0 Å². The first kappa shape index (κ1) is 20.3. The highest BCUT2D eigenvalue weighted by molar-refractivity contribution is 5.61. The summed E-state index contributed by atoms with van der Waals surface area (Å²) in [6, 6.07) is 13.9. The fraction of sp³-hybridized carbons (Fsp3) is 0.182. The minimum atomic E-state index is -0.379. The van der Waals surface area contributed by atoms with Crippen LogP contribution in [0.4, 0.5) is 4.39 Å². The predicted molar refractivity (Wildman–Crippen MR) is 112 cm³/mol. The van der Waals surface area contributed by atoms with Gasteiger partial charge in [0.1, 0.15) is 23.9 Å². The van der Waals surface area contributed by atoms with Gasteiger partial charge in [-0.2, -0.15) is 9.36 Å². The Labute approximate surface area is 177 Å². The molecule has 158 valence electrons. The predicted octanol–water partition coefficient (Wildman–Crippen LogP) is 3.06. The fourth-order valence-electron chi connectivity index (χ4n) is 3.22. The Kier molecular flexibility index (Phi) is 5.48. The summed E-state index contributed by atoms with van der Waals surface area (Å²) in [7, 11) is 3.08. The van der Waals surface area contributed by atoms with Crippen LogP contribution in [0, 0.1) is 12.7 Å². The third-order valence-corrected chi connectivity index (χ3v) is 4.85. The highest BCUT2D eigenvalue weighted by atomic mass is 19.1. The first-order valence-electron chi connectivity index (χ1n) is 9.48. The molecule has 0 radical (unpaired) electrons. The monoisotopic (exact) mass is 421 g/mol. The molecule has 0 saturated carbocycles. The lowest BCUT2D eigenvalue weighted by molar-refractivity contribution is 0.294. The van der Waals surface area contributed by atoms with Gasteiger partial charge in [0.05, 0.1) is 30.3 Å². The van der Waals surface area contributed by atoms with Gasteiger partial charge in [-0.05, 0) is 65.4 Å². The van der Waals surface area contributed by atoms with Gasteiger partial charge in [0, 0.05) is 12.6 Å². The van der Waals surface area contributed by atoms with Gasteiger partial charge in [-0.3, -0.25) is 4.98 Å². The van der Waals surface area contributed by atoms with Crippen LogP contribution in [0.5, 0.6) is 11.5 Å². The lowest BCUT2D eigenvalue weighted by atomic mass is 10.1. The van der Waals surface area contributed by atoms with Crippen molar-refractivity contribution in [1.82, 2.24) is 24.8 Å². The highest BCUT2D eigenvalue weighted by Gasteiger charge is 2.16. The Morgan fingerprint density at radius 3 is 2.55 bits per heavy atom. The average Bonchev–Trinajstić information content (AvgIpc) is 3.11. The number of hydrogen-bond donors (Lipinski definition) is 0. The number of nitrogens with zero attached hydrogens (tertiary/aromatic N) is 5. The molecule has 0 fully saturated rings. The van der Waals surface area contributed by atoms with E-state index < -0.39 is 0 Å². The Morgan fingerprint density at radius 2 is 1.90 bits per heavy atom. The zero-order valence-corrected chi connectivity index (χ0v) is 17.2. The van der Waals surface area contributed by atoms with Crippen molar-refractivity contribution in [2.75, 3.05) is 7.11 Å². The van der Waals surface area contributed by atoms with Crippen LogP contribution in [-0.2, 0) is 13.7 Å². The maximum atomic E-state index is 13.1. The van der Waals surface area contributed by atoms with Crippen LogP contribution in [0.25, 0.3) is 16.9 Å². The summed E-state index contributed by atoms with van der Waals surface area (Å²) in [6.45, 7) is 2.07. The third kappa shape index (κ3) is 4.02. The van der Waals surface area contributed by atoms with Crippen molar-refractivity contribution in [2.24, 2.45) is 7.05 Å². The van der Waals surface area contributed by atoms with Gasteiger partial charge in [-0.25, -0.2) is 9.18 Å². The van der Waals surface area contributed by atoms with Crippen molar-refractivity contribution in [3.05, 3.63) is 82.2 Å². The quantitative estimate of drug-likeness (QED) is 0.476. The molecule has 2 aromatic heterocycles. The van der Waals surface area contributed by atoms with E-state index in [1.165, 1.54) is 24.0 Å². The van der Waals surface area contributed by atoms with Crippen molar-refractivity contribution < 1.29 is 13.9 Å². The lowest BCUT2D eigenvalue weighted by Crippen LogP contribution is -2.23. The van der Waals surface area contributed by atoms with Crippen molar-refractivity contribution in [2.45, 2.75) is 13.5 Å². The number of ether oxygens (including phenoxy) is 2. The molecule has 8 nitrogen and oxygen atoms in total. The summed E-state index contributed by atoms with van der Waals surface area (Å²) in [5.41, 5.74) is 3.23. The second kappa shape index (κ2) is 8.39. The number of aryl methyl sites for hydroxylation is 2. The van der Waals surface area contributed by atoms with Gasteiger partial charge in [0.2, 0.25) is 0 Å². The van der Waals surface area contributed by atoms with Gasteiger partial charge in [-0.15, -0.1) is 0 Å². The largest absolute Gasteiger partial charge is 0.496 e. The molecule has 4 rings (SSSR count). The molecule has 0 N–H and O–H groups in total. The summed E-state index contributed by atoms with van der Waals surface area (Å²) in [5, 5.41) is 7.69. The van der Waals surface area contributed by atoms with E-state index in [9.17, 15) is 9.18 Å². The van der Waals surface area contributed by atoms with E-state index >= 15 is 0 Å². The van der Waals surface area contributed by atoms with Gasteiger partial charge < -0.3 is 9.47 Å². The molecule has 0 saturated heterocycles. The smallest absolute Gasteiger partial charge is 0.368 e. The van der Waals surface area contributed by atoms with Crippen LogP contribution in [0.15, 0.2) is 59.5 Å². The van der Waals surface area contributed by atoms with Gasteiger partial charge in [0.15, 0.2) is 0 Å². The number of hydrogen-bond acceptors (Lipinski definition) is 6. The van der Waals surface area contributed by atoms with Crippen LogP contribution in [0.3, 0.4) is 0 Å². The molecule has 4 aromatic rings. The normalized spacial score (nSPS) is 10.8. The molecule has 0 aliphatic heterocycles. The number of tetrazole rings is 1. The van der Waals surface area contributed by atoms with Crippen LogP contribution in [0.1, 0.15) is 11.1 Å². The van der Waals surface area contributed by atoms with Crippen LogP contribution in [-0.4, -0.2) is 31.9 Å². The minimum absolute atomic E-state index is 0.150. The molecule has 31 heavy (non-hydrogen) atoms. The van der Waals surface area contributed by atoms with Gasteiger partial charge >= 0.3 is 5.69 Å². The molecular weight excluding hydrogens is 401 g/mol. The number of aromatic nitrogens is 5. The van der Waals surface area contributed by atoms with E-state index in [4.69, 9.17) is 9.47 Å². The molecule has 9 heteroatoms. The zero-order valence-electron chi connectivity index (χ0n) is 17.2. The molecule has 0 aliphatic carbocycles. The average molecular weight is 421 g/mol. The Bertz CT molecular complexity index is 1280. The molecular formula is C22H20FN5O3. The Hall–Kier alpha value is -4.01. The molecule has 0 bridgehead atoms. The van der Waals surface area contributed by atoms with Crippen molar-refractivity contribution in [1.29, 1.82) is 0 Å². The van der Waals surface area contributed by atoms with Crippen LogP contribution >= 0.6 is 0 Å². The molecule has 0 aliphatic rings.